The minimum Gasteiger partial charge on any atom is -0.297 e. The molecule has 2 aliphatic heterocycles. The Morgan fingerprint density at radius 3 is 2.87 bits per heavy atom. The number of nitriles is 1. The first-order chi connectivity index (χ1) is 7.18. The quantitative estimate of drug-likeness (QED) is 0.746. The maximum atomic E-state index is 9.47. The van der Waals surface area contributed by atoms with Gasteiger partial charge in [0.05, 0.1) is 6.07 Å². The summed E-state index contributed by atoms with van der Waals surface area (Å²) in [5, 5.41) is 13.0. The van der Waals surface area contributed by atoms with Crippen LogP contribution in [0.5, 0.6) is 0 Å². The molecule has 0 amide bonds. The van der Waals surface area contributed by atoms with E-state index in [0.717, 1.165) is 13.0 Å². The number of rotatable bonds is 2. The fraction of sp³-hybridized carbons (Fsp3) is 0.917. The predicted molar refractivity (Wildman–Crippen MR) is 60.4 cm³/mol. The maximum Gasteiger partial charge on any atom is 0.123 e. The monoisotopic (exact) mass is 207 g/mol. The second kappa shape index (κ2) is 4.11. The van der Waals surface area contributed by atoms with Crippen LogP contribution in [0.25, 0.3) is 0 Å². The van der Waals surface area contributed by atoms with Gasteiger partial charge in [0.15, 0.2) is 0 Å². The maximum absolute atomic E-state index is 9.47. The van der Waals surface area contributed by atoms with E-state index in [0.29, 0.717) is 12.1 Å². The molecule has 0 bridgehead atoms. The van der Waals surface area contributed by atoms with Crippen LogP contribution >= 0.6 is 0 Å². The van der Waals surface area contributed by atoms with E-state index in [-0.39, 0.29) is 5.54 Å². The Morgan fingerprint density at radius 1 is 1.40 bits per heavy atom. The van der Waals surface area contributed by atoms with Gasteiger partial charge in [-0.05, 0) is 39.7 Å². The van der Waals surface area contributed by atoms with Crippen molar-refractivity contribution in [3.05, 3.63) is 0 Å². The Labute approximate surface area is 92.4 Å². The van der Waals surface area contributed by atoms with Crippen molar-refractivity contribution in [1.29, 1.82) is 5.26 Å². The van der Waals surface area contributed by atoms with Gasteiger partial charge in [-0.2, -0.15) is 5.26 Å². The molecule has 2 saturated heterocycles. The van der Waals surface area contributed by atoms with Crippen LogP contribution in [0.4, 0.5) is 0 Å². The molecule has 0 radical (unpaired) electrons. The van der Waals surface area contributed by atoms with Crippen LogP contribution in [0.3, 0.4) is 0 Å². The molecule has 1 N–H and O–H groups in total. The minimum absolute atomic E-state index is 0.269. The van der Waals surface area contributed by atoms with E-state index in [1.165, 1.54) is 25.8 Å². The Morgan fingerprint density at radius 2 is 2.20 bits per heavy atom. The van der Waals surface area contributed by atoms with E-state index in [9.17, 15) is 5.26 Å². The Bertz CT molecular complexity index is 269. The molecule has 0 aliphatic carbocycles. The highest BCUT2D eigenvalue weighted by Crippen LogP contribution is 2.35. The summed E-state index contributed by atoms with van der Waals surface area (Å²) in [6, 6.07) is 3.41. The zero-order valence-corrected chi connectivity index (χ0v) is 9.79. The van der Waals surface area contributed by atoms with Crippen LogP contribution in [0, 0.1) is 11.3 Å². The number of nitrogens with zero attached hydrogens (tertiary/aromatic N) is 2. The van der Waals surface area contributed by atoms with Gasteiger partial charge in [0.2, 0.25) is 0 Å². The Kier molecular flexibility index (Phi) is 2.99. The highest BCUT2D eigenvalue weighted by Gasteiger charge is 2.48. The summed E-state index contributed by atoms with van der Waals surface area (Å²) in [5.41, 5.74) is -0.269. The largest absolute Gasteiger partial charge is 0.297 e. The van der Waals surface area contributed by atoms with Crippen molar-refractivity contribution in [2.75, 3.05) is 13.1 Å². The van der Waals surface area contributed by atoms with Crippen molar-refractivity contribution < 1.29 is 0 Å². The molecule has 2 unspecified atom stereocenters. The number of fused-ring (bicyclic) bond motifs is 1. The Hall–Kier alpha value is -0.590. The van der Waals surface area contributed by atoms with Crippen molar-refractivity contribution in [2.24, 2.45) is 0 Å². The van der Waals surface area contributed by atoms with Crippen molar-refractivity contribution in [3.8, 4) is 6.07 Å². The number of piperidine rings is 1. The molecular formula is C12H21N3. The topological polar surface area (TPSA) is 39.1 Å². The highest BCUT2D eigenvalue weighted by atomic mass is 15.3. The molecule has 15 heavy (non-hydrogen) atoms. The van der Waals surface area contributed by atoms with Gasteiger partial charge >= 0.3 is 0 Å². The lowest BCUT2D eigenvalue weighted by atomic mass is 9.86. The number of hydrogen-bond acceptors (Lipinski definition) is 3. The molecular weight excluding hydrogens is 186 g/mol. The third kappa shape index (κ3) is 1.89. The summed E-state index contributed by atoms with van der Waals surface area (Å²) in [6.07, 6.45) is 4.77. The molecule has 0 aromatic carbocycles. The third-order valence-electron chi connectivity index (χ3n) is 3.72. The molecule has 0 aromatic heterocycles. The summed E-state index contributed by atoms with van der Waals surface area (Å²) in [6.45, 7) is 6.54. The minimum atomic E-state index is -0.269. The molecule has 0 saturated carbocycles. The Balaban J connectivity index is 2.15. The molecule has 2 fully saturated rings. The van der Waals surface area contributed by atoms with E-state index >= 15 is 0 Å². The fourth-order valence-corrected chi connectivity index (χ4v) is 3.15. The first-order valence-corrected chi connectivity index (χ1v) is 6.11. The second-order valence-corrected chi connectivity index (χ2v) is 5.18. The lowest BCUT2D eigenvalue weighted by molar-refractivity contribution is 0.156. The second-order valence-electron chi connectivity index (χ2n) is 5.18. The van der Waals surface area contributed by atoms with E-state index in [2.05, 4.69) is 30.1 Å². The van der Waals surface area contributed by atoms with Gasteiger partial charge in [-0.3, -0.25) is 10.2 Å². The van der Waals surface area contributed by atoms with Gasteiger partial charge in [0, 0.05) is 18.6 Å². The average molecular weight is 207 g/mol. The third-order valence-corrected chi connectivity index (χ3v) is 3.72. The number of hydrogen-bond donors (Lipinski definition) is 1. The van der Waals surface area contributed by atoms with Crippen molar-refractivity contribution in [1.82, 2.24) is 10.2 Å². The molecule has 84 valence electrons. The van der Waals surface area contributed by atoms with Crippen LogP contribution in [-0.2, 0) is 0 Å². The van der Waals surface area contributed by atoms with Gasteiger partial charge in [0.25, 0.3) is 0 Å². The smallest absolute Gasteiger partial charge is 0.123 e. The van der Waals surface area contributed by atoms with E-state index in [1.54, 1.807) is 0 Å². The first-order valence-electron chi connectivity index (χ1n) is 6.11. The molecule has 0 spiro atoms. The highest BCUT2D eigenvalue weighted by molar-refractivity contribution is 5.19. The zero-order valence-electron chi connectivity index (χ0n) is 9.79. The van der Waals surface area contributed by atoms with E-state index in [4.69, 9.17) is 0 Å². The van der Waals surface area contributed by atoms with Gasteiger partial charge in [-0.15, -0.1) is 0 Å². The molecule has 2 atom stereocenters. The molecule has 3 heteroatoms. The van der Waals surface area contributed by atoms with Gasteiger partial charge in [0.1, 0.15) is 5.54 Å². The molecule has 2 heterocycles. The van der Waals surface area contributed by atoms with Crippen LogP contribution in [0.15, 0.2) is 0 Å². The SMILES string of the molecule is CC(C)NC1(C#N)CCN2CCCCC21. The molecule has 2 aliphatic rings. The lowest BCUT2D eigenvalue weighted by Gasteiger charge is -2.38. The lowest BCUT2D eigenvalue weighted by Crippen LogP contribution is -2.57. The van der Waals surface area contributed by atoms with E-state index in [1.807, 2.05) is 0 Å². The predicted octanol–water partition coefficient (Wildman–Crippen LogP) is 1.50. The standard InChI is InChI=1S/C12H21N3/c1-10(2)14-12(9-13)6-8-15-7-4-3-5-11(12)15/h10-11,14H,3-8H2,1-2H3. The average Bonchev–Trinajstić information content (AvgIpc) is 2.58. The van der Waals surface area contributed by atoms with Gasteiger partial charge < -0.3 is 0 Å². The summed E-state index contributed by atoms with van der Waals surface area (Å²) >= 11 is 0. The normalized spacial score (nSPS) is 36.5. The molecule has 0 aromatic rings. The summed E-state index contributed by atoms with van der Waals surface area (Å²) < 4.78 is 0. The van der Waals surface area contributed by atoms with Gasteiger partial charge in [-0.25, -0.2) is 0 Å². The molecule has 3 nitrogen and oxygen atoms in total. The summed E-state index contributed by atoms with van der Waals surface area (Å²) in [7, 11) is 0. The van der Waals surface area contributed by atoms with Crippen molar-refractivity contribution in [3.63, 3.8) is 0 Å². The van der Waals surface area contributed by atoms with Crippen LogP contribution in [-0.4, -0.2) is 35.6 Å². The van der Waals surface area contributed by atoms with Crippen molar-refractivity contribution >= 4 is 0 Å². The summed E-state index contributed by atoms with van der Waals surface area (Å²) in [5.74, 6) is 0. The zero-order chi connectivity index (χ0) is 10.9. The number of nitrogens with one attached hydrogen (secondary N) is 1. The molecule has 2 rings (SSSR count). The van der Waals surface area contributed by atoms with Crippen LogP contribution < -0.4 is 5.32 Å². The van der Waals surface area contributed by atoms with Crippen LogP contribution in [0.1, 0.15) is 39.5 Å². The van der Waals surface area contributed by atoms with Crippen molar-refractivity contribution in [2.45, 2.75) is 57.2 Å². The summed E-state index contributed by atoms with van der Waals surface area (Å²) in [4.78, 5) is 2.50. The first kappa shape index (κ1) is 10.9. The van der Waals surface area contributed by atoms with Crippen LogP contribution in [0.2, 0.25) is 0 Å². The van der Waals surface area contributed by atoms with E-state index < -0.39 is 0 Å². The van der Waals surface area contributed by atoms with Gasteiger partial charge in [-0.1, -0.05) is 6.42 Å². The fourth-order valence-electron chi connectivity index (χ4n) is 3.15.